The van der Waals surface area contributed by atoms with E-state index in [1.807, 2.05) is 0 Å². The summed E-state index contributed by atoms with van der Waals surface area (Å²) in [5.41, 5.74) is 0. The summed E-state index contributed by atoms with van der Waals surface area (Å²) in [6.07, 6.45) is 0. The zero-order valence-electron chi connectivity index (χ0n) is 7.63. The smallest absolute Gasteiger partial charge is 0.397 e. The average Bonchev–Trinajstić information content (AvgIpc) is 2.74. The molecule has 0 fully saturated rings. The van der Waals surface area contributed by atoms with Crippen LogP contribution in [0.25, 0.3) is 11.6 Å². The van der Waals surface area contributed by atoms with Crippen LogP contribution in [0.5, 0.6) is 0 Å². The van der Waals surface area contributed by atoms with Crippen molar-refractivity contribution in [2.24, 2.45) is 7.05 Å². The zero-order valence-corrected chi connectivity index (χ0v) is 8.45. The van der Waals surface area contributed by atoms with E-state index in [1.54, 1.807) is 7.05 Å². The van der Waals surface area contributed by atoms with Crippen LogP contribution in [-0.4, -0.2) is 19.7 Å². The van der Waals surface area contributed by atoms with Gasteiger partial charge in [0.25, 0.3) is 0 Å². The zero-order chi connectivity index (χ0) is 11.0. The third-order valence-corrected chi connectivity index (χ3v) is 2.14. The van der Waals surface area contributed by atoms with Gasteiger partial charge in [0.2, 0.25) is 4.77 Å². The molecule has 0 spiro atoms. The number of rotatable bonds is 2. The van der Waals surface area contributed by atoms with Gasteiger partial charge in [-0.1, -0.05) is 0 Å². The molecule has 15 heavy (non-hydrogen) atoms. The van der Waals surface area contributed by atoms with Gasteiger partial charge >= 0.3 is 5.88 Å². The van der Waals surface area contributed by atoms with Gasteiger partial charge in [-0.2, -0.15) is 4.98 Å². The first kappa shape index (κ1) is 9.59. The maximum atomic E-state index is 10.4. The maximum Gasteiger partial charge on any atom is 0.433 e. The summed E-state index contributed by atoms with van der Waals surface area (Å²) in [5.74, 6) is 0.332. The predicted octanol–water partition coefficient (Wildman–Crippen LogP) is 1.65. The lowest BCUT2D eigenvalue weighted by Gasteiger charge is -1.88. The number of nitrogens with zero attached hydrogens (tertiary/aromatic N) is 3. The number of nitrogens with one attached hydrogen (secondary N) is 1. The minimum Gasteiger partial charge on any atom is -0.397 e. The van der Waals surface area contributed by atoms with Crippen LogP contribution in [0.2, 0.25) is 0 Å². The van der Waals surface area contributed by atoms with E-state index in [-0.39, 0.29) is 11.6 Å². The number of furan rings is 1. The first-order valence-corrected chi connectivity index (χ1v) is 4.36. The second-order valence-electron chi connectivity index (χ2n) is 2.81. The fraction of sp³-hybridized carbons (Fsp3) is 0.143. The Hall–Kier alpha value is -1.96. The molecule has 1 N–H and O–H groups in total. The highest BCUT2D eigenvalue weighted by molar-refractivity contribution is 7.71. The lowest BCUT2D eigenvalue weighted by Crippen LogP contribution is -1.89. The van der Waals surface area contributed by atoms with Crippen molar-refractivity contribution >= 4 is 18.1 Å². The number of nitro groups is 1. The highest BCUT2D eigenvalue weighted by Gasteiger charge is 2.15. The van der Waals surface area contributed by atoms with Crippen molar-refractivity contribution in [2.75, 3.05) is 0 Å². The maximum absolute atomic E-state index is 10.4. The SMILES string of the molecule is Cn1[nH]c(-c2ccc([N+](=O)[O-])o2)nc1=S. The summed E-state index contributed by atoms with van der Waals surface area (Å²) in [4.78, 5) is 13.7. The Morgan fingerprint density at radius 2 is 2.40 bits per heavy atom. The number of aromatic amines is 1. The third-order valence-electron chi connectivity index (χ3n) is 1.77. The Morgan fingerprint density at radius 3 is 2.87 bits per heavy atom. The van der Waals surface area contributed by atoms with E-state index in [1.165, 1.54) is 16.8 Å². The van der Waals surface area contributed by atoms with Crippen molar-refractivity contribution in [3.63, 3.8) is 0 Å². The molecule has 0 bridgehead atoms. The fourth-order valence-electron chi connectivity index (χ4n) is 1.07. The topological polar surface area (TPSA) is 89.9 Å². The average molecular weight is 226 g/mol. The lowest BCUT2D eigenvalue weighted by molar-refractivity contribution is -0.401. The van der Waals surface area contributed by atoms with Gasteiger partial charge in [0, 0.05) is 7.05 Å². The molecule has 0 aliphatic rings. The monoisotopic (exact) mass is 226 g/mol. The van der Waals surface area contributed by atoms with E-state index < -0.39 is 4.92 Å². The highest BCUT2D eigenvalue weighted by Crippen LogP contribution is 2.22. The standard InChI is InChI=1S/C7H6N4O3S/c1-10-7(15)8-6(9-10)4-2-3-5(14-4)11(12)13/h2-3H,1H3,(H,8,9,15). The summed E-state index contributed by atoms with van der Waals surface area (Å²) in [6, 6.07) is 2.73. The van der Waals surface area contributed by atoms with Crippen LogP contribution in [0.3, 0.4) is 0 Å². The summed E-state index contributed by atoms with van der Waals surface area (Å²) in [6.45, 7) is 0. The summed E-state index contributed by atoms with van der Waals surface area (Å²) in [7, 11) is 1.69. The van der Waals surface area contributed by atoms with Crippen LogP contribution < -0.4 is 0 Å². The normalized spacial score (nSPS) is 10.5. The molecule has 0 atom stereocenters. The van der Waals surface area contributed by atoms with E-state index in [9.17, 15) is 10.1 Å². The van der Waals surface area contributed by atoms with Gasteiger partial charge in [0.05, 0.1) is 6.07 Å². The molecule has 0 aliphatic heterocycles. The second-order valence-corrected chi connectivity index (χ2v) is 3.17. The van der Waals surface area contributed by atoms with Gasteiger partial charge in [-0.3, -0.25) is 19.9 Å². The molecule has 0 aliphatic carbocycles. The first-order valence-electron chi connectivity index (χ1n) is 3.95. The van der Waals surface area contributed by atoms with Crippen molar-refractivity contribution in [2.45, 2.75) is 0 Å². The van der Waals surface area contributed by atoms with Crippen LogP contribution in [0.1, 0.15) is 0 Å². The van der Waals surface area contributed by atoms with Crippen LogP contribution in [0.15, 0.2) is 16.5 Å². The van der Waals surface area contributed by atoms with Crippen molar-refractivity contribution in [3.8, 4) is 11.6 Å². The van der Waals surface area contributed by atoms with E-state index in [2.05, 4.69) is 10.1 Å². The van der Waals surface area contributed by atoms with Crippen LogP contribution in [-0.2, 0) is 7.05 Å². The number of H-pyrrole nitrogens is 1. The van der Waals surface area contributed by atoms with Gasteiger partial charge < -0.3 is 4.42 Å². The Morgan fingerprint density at radius 1 is 1.67 bits per heavy atom. The molecule has 2 rings (SSSR count). The van der Waals surface area contributed by atoms with Gasteiger partial charge in [-0.25, -0.2) is 0 Å². The Balaban J connectivity index is 2.45. The molecule has 0 unspecified atom stereocenters. The molecular weight excluding hydrogens is 220 g/mol. The van der Waals surface area contributed by atoms with Gasteiger partial charge in [-0.15, -0.1) is 0 Å². The second kappa shape index (κ2) is 3.31. The molecule has 8 heteroatoms. The Kier molecular flexibility index (Phi) is 2.12. The molecule has 0 radical (unpaired) electrons. The molecule has 0 aromatic carbocycles. The van der Waals surface area contributed by atoms with Gasteiger partial charge in [0.15, 0.2) is 11.6 Å². The van der Waals surface area contributed by atoms with Crippen LogP contribution in [0, 0.1) is 14.9 Å². The van der Waals surface area contributed by atoms with Crippen LogP contribution >= 0.6 is 12.2 Å². The molecule has 2 aromatic rings. The number of aromatic nitrogens is 3. The summed E-state index contributed by atoms with van der Waals surface area (Å²) in [5, 5.41) is 13.2. The van der Waals surface area contributed by atoms with Crippen molar-refractivity contribution in [1.82, 2.24) is 14.8 Å². The van der Waals surface area contributed by atoms with Crippen molar-refractivity contribution in [1.29, 1.82) is 0 Å². The van der Waals surface area contributed by atoms with E-state index in [0.717, 1.165) is 0 Å². The van der Waals surface area contributed by atoms with E-state index in [4.69, 9.17) is 16.6 Å². The number of aryl methyl sites for hydroxylation is 1. The minimum absolute atomic E-state index is 0.286. The van der Waals surface area contributed by atoms with Gasteiger partial charge in [-0.05, 0) is 18.3 Å². The molecule has 0 saturated carbocycles. The summed E-state index contributed by atoms with van der Waals surface area (Å²) < 4.78 is 6.81. The minimum atomic E-state index is -0.610. The highest BCUT2D eigenvalue weighted by atomic mass is 32.1. The number of hydrogen-bond acceptors (Lipinski definition) is 5. The largest absolute Gasteiger partial charge is 0.433 e. The summed E-state index contributed by atoms with van der Waals surface area (Å²) >= 11 is 4.88. The Labute approximate surface area is 88.5 Å². The third kappa shape index (κ3) is 1.66. The molecule has 0 saturated heterocycles. The predicted molar refractivity (Wildman–Crippen MR) is 52.7 cm³/mol. The molecule has 7 nitrogen and oxygen atoms in total. The molecule has 78 valence electrons. The quantitative estimate of drug-likeness (QED) is 0.477. The van der Waals surface area contributed by atoms with E-state index >= 15 is 0 Å². The molecule has 0 amide bonds. The van der Waals surface area contributed by atoms with Gasteiger partial charge in [0.1, 0.15) is 4.92 Å². The molecule has 2 heterocycles. The lowest BCUT2D eigenvalue weighted by atomic mass is 10.4. The number of hydrogen-bond donors (Lipinski definition) is 1. The van der Waals surface area contributed by atoms with Crippen molar-refractivity contribution in [3.05, 3.63) is 27.0 Å². The van der Waals surface area contributed by atoms with E-state index in [0.29, 0.717) is 10.6 Å². The van der Waals surface area contributed by atoms with Crippen molar-refractivity contribution < 1.29 is 9.34 Å². The fourth-order valence-corrected chi connectivity index (χ4v) is 1.20. The molecular formula is C7H6N4O3S. The first-order chi connectivity index (χ1) is 7.08. The molecule has 2 aromatic heterocycles. The Bertz CT molecular complexity index is 567. The van der Waals surface area contributed by atoms with Crippen LogP contribution in [0.4, 0.5) is 5.88 Å².